The predicted molar refractivity (Wildman–Crippen MR) is 66.8 cm³/mol. The molecule has 0 fully saturated rings. The SMILES string of the molecule is CCCn1nnnc1CSc1ncc(CO)n1C. The molecule has 2 aromatic rings. The van der Waals surface area contributed by atoms with E-state index in [1.807, 2.05) is 16.3 Å². The quantitative estimate of drug-likeness (QED) is 0.773. The number of hydrogen-bond acceptors (Lipinski definition) is 6. The summed E-state index contributed by atoms with van der Waals surface area (Å²) < 4.78 is 3.68. The van der Waals surface area contributed by atoms with Gasteiger partial charge in [-0.3, -0.25) is 0 Å². The molecule has 7 nitrogen and oxygen atoms in total. The molecule has 0 aromatic carbocycles. The summed E-state index contributed by atoms with van der Waals surface area (Å²) in [5, 5.41) is 21.6. The number of thioether (sulfide) groups is 1. The number of tetrazole rings is 1. The molecule has 0 amide bonds. The van der Waals surface area contributed by atoms with Crippen LogP contribution >= 0.6 is 11.8 Å². The van der Waals surface area contributed by atoms with Gasteiger partial charge in [0.1, 0.15) is 0 Å². The second kappa shape index (κ2) is 5.96. The number of hydrogen-bond donors (Lipinski definition) is 1. The van der Waals surface area contributed by atoms with Gasteiger partial charge in [0.25, 0.3) is 0 Å². The molecule has 0 aliphatic rings. The van der Waals surface area contributed by atoms with Crippen LogP contribution in [-0.2, 0) is 26.0 Å². The van der Waals surface area contributed by atoms with E-state index < -0.39 is 0 Å². The molecule has 2 aromatic heterocycles. The minimum Gasteiger partial charge on any atom is -0.390 e. The maximum Gasteiger partial charge on any atom is 0.168 e. The van der Waals surface area contributed by atoms with E-state index in [-0.39, 0.29) is 6.61 Å². The smallest absolute Gasteiger partial charge is 0.168 e. The number of aliphatic hydroxyl groups excluding tert-OH is 1. The highest BCUT2D eigenvalue weighted by atomic mass is 32.2. The Morgan fingerprint density at radius 1 is 1.44 bits per heavy atom. The Hall–Kier alpha value is -1.41. The van der Waals surface area contributed by atoms with E-state index in [2.05, 4.69) is 27.4 Å². The highest BCUT2D eigenvalue weighted by molar-refractivity contribution is 7.98. The van der Waals surface area contributed by atoms with Crippen LogP contribution in [0.5, 0.6) is 0 Å². The van der Waals surface area contributed by atoms with E-state index in [4.69, 9.17) is 5.11 Å². The molecule has 18 heavy (non-hydrogen) atoms. The largest absolute Gasteiger partial charge is 0.390 e. The number of aliphatic hydroxyl groups is 1. The zero-order valence-electron chi connectivity index (χ0n) is 10.4. The van der Waals surface area contributed by atoms with Crippen molar-refractivity contribution in [2.75, 3.05) is 0 Å². The first-order chi connectivity index (χ1) is 8.76. The molecule has 2 rings (SSSR count). The van der Waals surface area contributed by atoms with Gasteiger partial charge in [-0.05, 0) is 16.8 Å². The Balaban J connectivity index is 2.02. The Morgan fingerprint density at radius 3 is 2.94 bits per heavy atom. The molecule has 0 spiro atoms. The summed E-state index contributed by atoms with van der Waals surface area (Å²) in [6, 6.07) is 0. The lowest BCUT2D eigenvalue weighted by Gasteiger charge is -2.04. The molecule has 0 atom stereocenters. The molecular weight excluding hydrogens is 252 g/mol. The first kappa shape index (κ1) is 13.0. The molecule has 0 saturated carbocycles. The summed E-state index contributed by atoms with van der Waals surface area (Å²) in [5.41, 5.74) is 0.797. The van der Waals surface area contributed by atoms with Gasteiger partial charge >= 0.3 is 0 Å². The summed E-state index contributed by atoms with van der Waals surface area (Å²) >= 11 is 1.56. The molecule has 0 radical (unpaired) electrons. The van der Waals surface area contributed by atoms with Gasteiger partial charge in [-0.25, -0.2) is 9.67 Å². The molecule has 0 saturated heterocycles. The van der Waals surface area contributed by atoms with Crippen LogP contribution in [0.4, 0.5) is 0 Å². The second-order valence-electron chi connectivity index (χ2n) is 3.86. The first-order valence-corrected chi connectivity index (χ1v) is 6.74. The van der Waals surface area contributed by atoms with Gasteiger partial charge in [-0.15, -0.1) is 5.10 Å². The zero-order chi connectivity index (χ0) is 13.0. The van der Waals surface area contributed by atoms with Crippen LogP contribution < -0.4 is 0 Å². The van der Waals surface area contributed by atoms with Gasteiger partial charge in [-0.2, -0.15) is 0 Å². The first-order valence-electron chi connectivity index (χ1n) is 5.75. The van der Waals surface area contributed by atoms with Crippen LogP contribution in [0.15, 0.2) is 11.4 Å². The van der Waals surface area contributed by atoms with Crippen LogP contribution in [0.25, 0.3) is 0 Å². The third kappa shape index (κ3) is 2.70. The molecule has 2 heterocycles. The van der Waals surface area contributed by atoms with E-state index in [0.29, 0.717) is 5.75 Å². The molecular formula is C10H16N6OS. The van der Waals surface area contributed by atoms with Crippen LogP contribution in [0, 0.1) is 0 Å². The van der Waals surface area contributed by atoms with Crippen molar-refractivity contribution in [2.24, 2.45) is 7.05 Å². The fourth-order valence-corrected chi connectivity index (χ4v) is 2.45. The zero-order valence-corrected chi connectivity index (χ0v) is 11.3. The van der Waals surface area contributed by atoms with Crippen molar-refractivity contribution in [3.63, 3.8) is 0 Å². The number of aryl methyl sites for hydroxylation is 1. The summed E-state index contributed by atoms with van der Waals surface area (Å²) in [7, 11) is 1.88. The maximum atomic E-state index is 9.09. The monoisotopic (exact) mass is 268 g/mol. The average Bonchev–Trinajstić information content (AvgIpc) is 2.94. The van der Waals surface area contributed by atoms with E-state index in [1.54, 1.807) is 18.0 Å². The Morgan fingerprint density at radius 2 is 2.28 bits per heavy atom. The summed E-state index contributed by atoms with van der Waals surface area (Å²) in [6.45, 7) is 2.91. The van der Waals surface area contributed by atoms with Crippen LogP contribution in [0.2, 0.25) is 0 Å². The fourth-order valence-electron chi connectivity index (χ4n) is 1.55. The third-order valence-corrected chi connectivity index (χ3v) is 3.62. The Bertz CT molecular complexity index is 508. The fraction of sp³-hybridized carbons (Fsp3) is 0.600. The average molecular weight is 268 g/mol. The van der Waals surface area contributed by atoms with Crippen molar-refractivity contribution in [1.29, 1.82) is 0 Å². The van der Waals surface area contributed by atoms with Crippen molar-refractivity contribution in [3.8, 4) is 0 Å². The van der Waals surface area contributed by atoms with Crippen molar-refractivity contribution < 1.29 is 5.11 Å². The van der Waals surface area contributed by atoms with Crippen molar-refractivity contribution in [3.05, 3.63) is 17.7 Å². The molecule has 8 heteroatoms. The minimum atomic E-state index is -0.00235. The number of aromatic nitrogens is 6. The van der Waals surface area contributed by atoms with Crippen molar-refractivity contribution in [2.45, 2.75) is 37.4 Å². The highest BCUT2D eigenvalue weighted by Gasteiger charge is 2.10. The lowest BCUT2D eigenvalue weighted by molar-refractivity contribution is 0.271. The van der Waals surface area contributed by atoms with Crippen LogP contribution in [-0.4, -0.2) is 34.9 Å². The maximum absolute atomic E-state index is 9.09. The standard InChI is InChI=1S/C10H16N6OS/c1-3-4-16-9(12-13-14-16)7-18-10-11-5-8(6-17)15(10)2/h5,17H,3-4,6-7H2,1-2H3. The summed E-state index contributed by atoms with van der Waals surface area (Å²) in [6.07, 6.45) is 2.68. The molecule has 1 N–H and O–H groups in total. The third-order valence-electron chi connectivity index (χ3n) is 2.58. The van der Waals surface area contributed by atoms with Gasteiger partial charge in [0, 0.05) is 13.6 Å². The summed E-state index contributed by atoms with van der Waals surface area (Å²) in [4.78, 5) is 4.25. The molecule has 0 bridgehead atoms. The number of imidazole rings is 1. The lowest BCUT2D eigenvalue weighted by atomic mass is 10.5. The van der Waals surface area contributed by atoms with E-state index >= 15 is 0 Å². The molecule has 0 unspecified atom stereocenters. The minimum absolute atomic E-state index is 0.00235. The van der Waals surface area contributed by atoms with E-state index in [9.17, 15) is 0 Å². The highest BCUT2D eigenvalue weighted by Crippen LogP contribution is 2.20. The van der Waals surface area contributed by atoms with Gasteiger partial charge in [-0.1, -0.05) is 18.7 Å². The molecule has 98 valence electrons. The normalized spacial score (nSPS) is 11.1. The van der Waals surface area contributed by atoms with Gasteiger partial charge < -0.3 is 9.67 Å². The van der Waals surface area contributed by atoms with Gasteiger partial charge in [0.05, 0.1) is 24.3 Å². The topological polar surface area (TPSA) is 81.7 Å². The lowest BCUT2D eigenvalue weighted by Crippen LogP contribution is -2.05. The van der Waals surface area contributed by atoms with Gasteiger partial charge in [0.15, 0.2) is 11.0 Å². The summed E-state index contributed by atoms with van der Waals surface area (Å²) in [5.74, 6) is 1.51. The van der Waals surface area contributed by atoms with Crippen LogP contribution in [0.1, 0.15) is 24.9 Å². The van der Waals surface area contributed by atoms with Crippen molar-refractivity contribution in [1.82, 2.24) is 29.8 Å². The number of nitrogens with zero attached hydrogens (tertiary/aromatic N) is 6. The molecule has 0 aliphatic heterocycles. The number of rotatable bonds is 6. The van der Waals surface area contributed by atoms with Crippen molar-refractivity contribution >= 4 is 11.8 Å². The Kier molecular flexibility index (Phi) is 4.32. The molecule has 0 aliphatic carbocycles. The van der Waals surface area contributed by atoms with Gasteiger partial charge in [0.2, 0.25) is 0 Å². The van der Waals surface area contributed by atoms with Crippen LogP contribution in [0.3, 0.4) is 0 Å². The Labute approximate surface area is 109 Å². The van der Waals surface area contributed by atoms with E-state index in [1.165, 1.54) is 0 Å². The predicted octanol–water partition coefficient (Wildman–Crippen LogP) is 0.601. The van der Waals surface area contributed by atoms with E-state index in [0.717, 1.165) is 29.6 Å². The second-order valence-corrected chi connectivity index (χ2v) is 4.80.